The topological polar surface area (TPSA) is 29.5 Å². The highest BCUT2D eigenvalue weighted by Gasteiger charge is 2.47. The first kappa shape index (κ1) is 21.3. The number of ether oxygens (including phenoxy) is 1. The number of halogens is 3. The normalized spacial score (nSPS) is 23.9. The zero-order valence-corrected chi connectivity index (χ0v) is 15.2. The van der Waals surface area contributed by atoms with Crippen LogP contribution in [0, 0.1) is 5.92 Å². The highest BCUT2D eigenvalue weighted by atomic mass is 19.4. The van der Waals surface area contributed by atoms with E-state index in [1.807, 2.05) is 11.8 Å². The average Bonchev–Trinajstić information content (AvgIpc) is 2.53. The molecule has 142 valence electrons. The molecule has 3 unspecified atom stereocenters. The summed E-state index contributed by atoms with van der Waals surface area (Å²) >= 11 is 0. The lowest BCUT2D eigenvalue weighted by Crippen LogP contribution is -2.53. The molecule has 1 saturated heterocycles. The van der Waals surface area contributed by atoms with Gasteiger partial charge < -0.3 is 4.74 Å². The molecule has 1 aliphatic rings. The Morgan fingerprint density at radius 3 is 2.46 bits per heavy atom. The highest BCUT2D eigenvalue weighted by Crippen LogP contribution is 2.38. The van der Waals surface area contributed by atoms with Crippen LogP contribution in [-0.4, -0.2) is 42.3 Å². The van der Waals surface area contributed by atoms with Gasteiger partial charge in [0.2, 0.25) is 0 Å². The van der Waals surface area contributed by atoms with Crippen molar-refractivity contribution in [3.63, 3.8) is 0 Å². The van der Waals surface area contributed by atoms with Gasteiger partial charge in [-0.2, -0.15) is 13.2 Å². The number of piperidine rings is 1. The molecule has 0 bridgehead atoms. The minimum Gasteiger partial charge on any atom is -0.465 e. The van der Waals surface area contributed by atoms with Gasteiger partial charge in [-0.25, -0.2) is 0 Å². The third-order valence-corrected chi connectivity index (χ3v) is 4.96. The van der Waals surface area contributed by atoms with Crippen molar-refractivity contribution in [2.45, 2.75) is 90.4 Å². The Balaban J connectivity index is 2.63. The molecule has 24 heavy (non-hydrogen) atoms. The van der Waals surface area contributed by atoms with E-state index in [1.54, 1.807) is 6.92 Å². The molecule has 0 amide bonds. The smallest absolute Gasteiger partial charge is 0.391 e. The number of nitrogens with zero attached hydrogens (tertiary/aromatic N) is 1. The van der Waals surface area contributed by atoms with Crippen molar-refractivity contribution in [3.05, 3.63) is 0 Å². The maximum atomic E-state index is 13.0. The molecule has 0 aliphatic carbocycles. The molecule has 0 saturated carbocycles. The lowest BCUT2D eigenvalue weighted by atomic mass is 9.88. The molecule has 0 aromatic carbocycles. The molecular weight excluding hydrogens is 319 g/mol. The van der Waals surface area contributed by atoms with Crippen LogP contribution in [0.15, 0.2) is 0 Å². The van der Waals surface area contributed by atoms with Crippen LogP contribution in [0.1, 0.15) is 72.1 Å². The van der Waals surface area contributed by atoms with Gasteiger partial charge in [0.15, 0.2) is 0 Å². The molecule has 1 heterocycles. The molecule has 3 atom stereocenters. The number of carbonyl (C=O) groups is 1. The van der Waals surface area contributed by atoms with Gasteiger partial charge in [-0.3, -0.25) is 9.69 Å². The van der Waals surface area contributed by atoms with E-state index in [0.717, 1.165) is 19.3 Å². The van der Waals surface area contributed by atoms with E-state index in [-0.39, 0.29) is 25.5 Å². The number of hydrogen-bond donors (Lipinski definition) is 0. The van der Waals surface area contributed by atoms with Crippen molar-refractivity contribution in [3.8, 4) is 0 Å². The second-order valence-corrected chi connectivity index (χ2v) is 6.82. The fourth-order valence-electron chi connectivity index (χ4n) is 3.49. The summed E-state index contributed by atoms with van der Waals surface area (Å²) in [5, 5.41) is 0. The third kappa shape index (κ3) is 6.61. The van der Waals surface area contributed by atoms with Crippen LogP contribution in [0.3, 0.4) is 0 Å². The Kier molecular flexibility index (Phi) is 9.09. The van der Waals surface area contributed by atoms with E-state index in [4.69, 9.17) is 4.74 Å². The first-order chi connectivity index (χ1) is 11.3. The van der Waals surface area contributed by atoms with Crippen molar-refractivity contribution >= 4 is 5.97 Å². The molecule has 1 fully saturated rings. The van der Waals surface area contributed by atoms with Gasteiger partial charge in [0.25, 0.3) is 0 Å². The van der Waals surface area contributed by atoms with E-state index in [1.165, 1.54) is 19.3 Å². The number of likely N-dealkylation sites (tertiary alicyclic amines) is 1. The van der Waals surface area contributed by atoms with Gasteiger partial charge in [-0.05, 0) is 39.7 Å². The van der Waals surface area contributed by atoms with Crippen molar-refractivity contribution in [1.29, 1.82) is 0 Å². The van der Waals surface area contributed by atoms with Gasteiger partial charge in [0.05, 0.1) is 12.5 Å². The van der Waals surface area contributed by atoms with Crippen LogP contribution in [0.25, 0.3) is 0 Å². The first-order valence-corrected chi connectivity index (χ1v) is 9.30. The molecule has 0 spiro atoms. The minimum atomic E-state index is -4.24. The van der Waals surface area contributed by atoms with Crippen LogP contribution in [0.4, 0.5) is 13.2 Å². The second kappa shape index (κ2) is 10.3. The Bertz CT molecular complexity index is 374. The molecule has 3 nitrogen and oxygen atoms in total. The Hall–Kier alpha value is -0.780. The molecule has 1 aliphatic heterocycles. The third-order valence-electron chi connectivity index (χ3n) is 4.96. The molecule has 0 aromatic rings. The van der Waals surface area contributed by atoms with Crippen molar-refractivity contribution in [2.75, 3.05) is 13.2 Å². The lowest BCUT2D eigenvalue weighted by Gasteiger charge is -2.41. The number of unbranched alkanes of at least 4 members (excludes halogenated alkanes) is 4. The van der Waals surface area contributed by atoms with Crippen LogP contribution >= 0.6 is 0 Å². The summed E-state index contributed by atoms with van der Waals surface area (Å²) in [4.78, 5) is 14.1. The average molecular weight is 351 g/mol. The first-order valence-electron chi connectivity index (χ1n) is 9.30. The van der Waals surface area contributed by atoms with Crippen molar-refractivity contribution in [1.82, 2.24) is 4.90 Å². The number of carbonyl (C=O) groups excluding carboxylic acids is 1. The predicted molar refractivity (Wildman–Crippen MR) is 88.7 cm³/mol. The van der Waals surface area contributed by atoms with Crippen molar-refractivity contribution in [2.24, 2.45) is 5.92 Å². The number of hydrogen-bond acceptors (Lipinski definition) is 3. The zero-order chi connectivity index (χ0) is 18.2. The summed E-state index contributed by atoms with van der Waals surface area (Å²) in [6.07, 6.45) is 2.36. The maximum Gasteiger partial charge on any atom is 0.391 e. The van der Waals surface area contributed by atoms with E-state index in [2.05, 4.69) is 6.92 Å². The molecule has 6 heteroatoms. The SMILES string of the molecule is CCCCCCCC(C)N1CCC(C(F)(F)F)CC1C(=O)OCC. The van der Waals surface area contributed by atoms with Crippen molar-refractivity contribution < 1.29 is 22.7 Å². The number of rotatable bonds is 9. The lowest BCUT2D eigenvalue weighted by molar-refractivity contribution is -0.195. The zero-order valence-electron chi connectivity index (χ0n) is 15.2. The van der Waals surface area contributed by atoms with E-state index in [0.29, 0.717) is 6.54 Å². The number of esters is 1. The van der Waals surface area contributed by atoms with E-state index in [9.17, 15) is 18.0 Å². The van der Waals surface area contributed by atoms with Crippen LogP contribution < -0.4 is 0 Å². The van der Waals surface area contributed by atoms with E-state index < -0.39 is 24.1 Å². The van der Waals surface area contributed by atoms with Crippen LogP contribution in [0.2, 0.25) is 0 Å². The largest absolute Gasteiger partial charge is 0.465 e. The molecule has 0 radical (unpaired) electrons. The quantitative estimate of drug-likeness (QED) is 0.435. The van der Waals surface area contributed by atoms with Gasteiger partial charge >= 0.3 is 12.1 Å². The fourth-order valence-corrected chi connectivity index (χ4v) is 3.49. The molecular formula is C18H32F3NO2. The summed E-state index contributed by atoms with van der Waals surface area (Å²) in [6.45, 7) is 6.37. The Morgan fingerprint density at radius 2 is 1.88 bits per heavy atom. The number of alkyl halides is 3. The van der Waals surface area contributed by atoms with Gasteiger partial charge in [0, 0.05) is 6.04 Å². The molecule has 0 aromatic heterocycles. The molecule has 0 N–H and O–H groups in total. The summed E-state index contributed by atoms with van der Waals surface area (Å²) in [5.74, 6) is -1.91. The maximum absolute atomic E-state index is 13.0. The minimum absolute atomic E-state index is 0.0690. The monoisotopic (exact) mass is 351 g/mol. The van der Waals surface area contributed by atoms with Gasteiger partial charge in [0.1, 0.15) is 6.04 Å². The highest BCUT2D eigenvalue weighted by molar-refractivity contribution is 5.76. The van der Waals surface area contributed by atoms with Gasteiger partial charge in [-0.15, -0.1) is 0 Å². The summed E-state index contributed by atoms with van der Waals surface area (Å²) in [7, 11) is 0. The Labute approximate surface area is 143 Å². The fraction of sp³-hybridized carbons (Fsp3) is 0.944. The summed E-state index contributed by atoms with van der Waals surface area (Å²) in [6, 6.07) is -0.661. The summed E-state index contributed by atoms with van der Waals surface area (Å²) < 4.78 is 44.2. The Morgan fingerprint density at radius 1 is 1.21 bits per heavy atom. The van der Waals surface area contributed by atoms with Gasteiger partial charge in [-0.1, -0.05) is 39.0 Å². The van der Waals surface area contributed by atoms with Crippen LogP contribution in [0.5, 0.6) is 0 Å². The standard InChI is InChI=1S/C18H32F3NO2/c1-4-6-7-8-9-10-14(3)22-12-11-15(18(19,20)21)13-16(22)17(23)24-5-2/h14-16H,4-13H2,1-3H3. The van der Waals surface area contributed by atoms with Crippen LogP contribution in [-0.2, 0) is 9.53 Å². The molecule has 1 rings (SSSR count). The van der Waals surface area contributed by atoms with E-state index >= 15 is 0 Å². The second-order valence-electron chi connectivity index (χ2n) is 6.82. The predicted octanol–water partition coefficient (Wildman–Crippen LogP) is 4.94. The summed E-state index contributed by atoms with van der Waals surface area (Å²) in [5.41, 5.74) is 0.